The molecule has 42 heavy (non-hydrogen) atoms. The van der Waals surface area contributed by atoms with E-state index in [1.54, 1.807) is 13.0 Å². The number of quaternary nitrogens is 2. The maximum atomic E-state index is 13.3. The van der Waals surface area contributed by atoms with Gasteiger partial charge in [-0.1, -0.05) is 6.08 Å². The van der Waals surface area contributed by atoms with Crippen LogP contribution in [0.25, 0.3) is 0 Å². The summed E-state index contributed by atoms with van der Waals surface area (Å²) in [6, 6.07) is 0. The van der Waals surface area contributed by atoms with Crippen LogP contribution in [0.1, 0.15) is 79.1 Å². The number of rotatable bonds is 9. The molecular weight excluding hydrogens is 536 g/mol. The van der Waals surface area contributed by atoms with E-state index in [1.807, 2.05) is 25.7 Å². The topological polar surface area (TPSA) is 141 Å². The molecule has 0 bridgehead atoms. The minimum atomic E-state index is -0.908. The molecule has 5 rings (SSSR count). The van der Waals surface area contributed by atoms with Gasteiger partial charge >= 0.3 is 11.9 Å². The molecule has 0 aromatic carbocycles. The summed E-state index contributed by atoms with van der Waals surface area (Å²) in [5.74, 6) is 1.36. The van der Waals surface area contributed by atoms with Crippen LogP contribution in [0.2, 0.25) is 0 Å². The van der Waals surface area contributed by atoms with Crippen LogP contribution < -0.4 is 16.4 Å². The van der Waals surface area contributed by atoms with Crippen LogP contribution in [0.3, 0.4) is 0 Å². The number of carbonyl (C=O) groups is 3. The highest BCUT2D eigenvalue weighted by Gasteiger charge is 2.61. The van der Waals surface area contributed by atoms with Crippen molar-refractivity contribution in [1.82, 2.24) is 4.90 Å². The molecule has 1 amide bonds. The lowest BCUT2D eigenvalue weighted by molar-refractivity contribution is -0.706. The van der Waals surface area contributed by atoms with E-state index in [4.69, 9.17) is 19.9 Å². The first-order chi connectivity index (χ1) is 19.9. The number of carbonyl (C=O) groups excluding carboxylic acids is 3. The van der Waals surface area contributed by atoms with Crippen LogP contribution in [0.5, 0.6) is 0 Å². The molecule has 4 saturated heterocycles. The Morgan fingerprint density at radius 1 is 1.19 bits per heavy atom. The van der Waals surface area contributed by atoms with Gasteiger partial charge in [0.1, 0.15) is 23.5 Å². The second-order valence-corrected chi connectivity index (χ2v) is 14.4. The number of likely N-dealkylation sites (tertiary alicyclic amines) is 1. The summed E-state index contributed by atoms with van der Waals surface area (Å²) in [5, 5.41) is 4.35. The average molecular weight is 591 g/mol. The van der Waals surface area contributed by atoms with Gasteiger partial charge in [0.2, 0.25) is 5.91 Å². The van der Waals surface area contributed by atoms with Gasteiger partial charge in [-0.05, 0) is 71.1 Å². The normalized spacial score (nSPS) is 37.4. The number of piperidine rings is 1. The van der Waals surface area contributed by atoms with Gasteiger partial charge in [-0.25, -0.2) is 4.79 Å². The molecule has 1 aliphatic carbocycles. The van der Waals surface area contributed by atoms with Gasteiger partial charge in [-0.3, -0.25) is 15.3 Å². The summed E-state index contributed by atoms with van der Waals surface area (Å²) >= 11 is 0. The Hall–Kier alpha value is -2.01. The van der Waals surface area contributed by atoms with Crippen molar-refractivity contribution in [3.8, 4) is 0 Å². The zero-order chi connectivity index (χ0) is 30.2. The van der Waals surface area contributed by atoms with E-state index in [9.17, 15) is 14.4 Å². The van der Waals surface area contributed by atoms with Gasteiger partial charge in [0.05, 0.1) is 26.2 Å². The molecule has 0 aromatic rings. The summed E-state index contributed by atoms with van der Waals surface area (Å²) < 4.78 is 19.1. The predicted octanol–water partition coefficient (Wildman–Crippen LogP) is 0.450. The first kappa shape index (κ1) is 31.4. The largest absolute Gasteiger partial charge is 0.462 e. The molecule has 0 aromatic heterocycles. The third-order valence-corrected chi connectivity index (χ3v) is 11.2. The second-order valence-electron chi connectivity index (χ2n) is 14.4. The number of fused-ring (bicyclic) bond motifs is 2. The van der Waals surface area contributed by atoms with E-state index in [-0.39, 0.29) is 48.1 Å². The molecule has 4 aliphatic heterocycles. The summed E-state index contributed by atoms with van der Waals surface area (Å²) in [6.45, 7) is 11.1. The van der Waals surface area contributed by atoms with Crippen LogP contribution in [0.15, 0.2) is 11.6 Å². The molecule has 10 nitrogen and oxygen atoms in total. The fraction of sp³-hybridized carbons (Fsp3) is 0.844. The monoisotopic (exact) mass is 590 g/mol. The highest BCUT2D eigenvalue weighted by Crippen LogP contribution is 2.55. The predicted molar refractivity (Wildman–Crippen MR) is 156 cm³/mol. The number of nitrogens with zero attached hydrogens (tertiary/aromatic N) is 1. The van der Waals surface area contributed by atoms with Crippen LogP contribution in [0.4, 0.5) is 0 Å². The third-order valence-electron chi connectivity index (χ3n) is 11.2. The molecule has 7 unspecified atom stereocenters. The number of ether oxygens (including phenoxy) is 3. The summed E-state index contributed by atoms with van der Waals surface area (Å²) in [6.07, 6.45) is 7.32. The number of nitrogens with two attached hydrogens (primary N) is 3. The highest BCUT2D eigenvalue weighted by molar-refractivity contribution is 5.88. The molecule has 236 valence electrons. The summed E-state index contributed by atoms with van der Waals surface area (Å²) in [5.41, 5.74) is 5.43. The molecule has 1 saturated carbocycles. The van der Waals surface area contributed by atoms with Crippen molar-refractivity contribution in [2.75, 3.05) is 33.2 Å². The Labute approximate surface area is 250 Å². The van der Waals surface area contributed by atoms with Gasteiger partial charge in [-0.15, -0.1) is 0 Å². The Balaban J connectivity index is 1.37. The first-order valence-electron chi connectivity index (χ1n) is 16.3. The molecule has 5 aliphatic rings. The van der Waals surface area contributed by atoms with Crippen molar-refractivity contribution in [3.63, 3.8) is 0 Å². The maximum absolute atomic E-state index is 13.3. The second kappa shape index (κ2) is 12.5. The van der Waals surface area contributed by atoms with E-state index in [0.717, 1.165) is 51.9 Å². The minimum absolute atomic E-state index is 0.0335. The van der Waals surface area contributed by atoms with Gasteiger partial charge in [0.25, 0.3) is 0 Å². The Morgan fingerprint density at radius 2 is 1.95 bits per heavy atom. The fourth-order valence-corrected chi connectivity index (χ4v) is 8.41. The van der Waals surface area contributed by atoms with E-state index in [1.165, 1.54) is 0 Å². The van der Waals surface area contributed by atoms with Gasteiger partial charge in [0, 0.05) is 56.2 Å². The number of amides is 1. The quantitative estimate of drug-likeness (QED) is 0.262. The lowest BCUT2D eigenvalue weighted by Gasteiger charge is -2.47. The van der Waals surface area contributed by atoms with Crippen molar-refractivity contribution < 1.29 is 39.2 Å². The summed E-state index contributed by atoms with van der Waals surface area (Å²) in [4.78, 5) is 40.5. The smallest absolute Gasteiger partial charge is 0.334 e. The standard InChI is InChI=1S/C32H52N4O6/c1-6-19(2)30(39)42-31(3,4)32(14-23-9-21-7-8-29(38)40-25(21)12-26(23)41-32)13-22-10-27(33)35-16-24(22)11-28(37)36-17-20(18-36)15-34-5/h6,20-27,34-35H,7-18,33H2,1-5H3/p+2/t21?,22?,23?,24?,25?,26?,27?,32-/m1/s1. The van der Waals surface area contributed by atoms with E-state index in [2.05, 4.69) is 17.7 Å². The number of esters is 2. The van der Waals surface area contributed by atoms with Gasteiger partial charge < -0.3 is 29.7 Å². The van der Waals surface area contributed by atoms with Crippen LogP contribution in [0, 0.1) is 29.6 Å². The molecular formula is C32H54N4O6+2. The van der Waals surface area contributed by atoms with Crippen LogP contribution >= 0.6 is 0 Å². The lowest BCUT2D eigenvalue weighted by atomic mass is 9.67. The fourth-order valence-electron chi connectivity index (χ4n) is 8.41. The van der Waals surface area contributed by atoms with Gasteiger partial charge in [0.15, 0.2) is 0 Å². The maximum Gasteiger partial charge on any atom is 0.334 e. The third kappa shape index (κ3) is 6.42. The van der Waals surface area contributed by atoms with E-state index < -0.39 is 11.2 Å². The first-order valence-corrected chi connectivity index (χ1v) is 16.3. The molecule has 4 heterocycles. The average Bonchev–Trinajstić information content (AvgIpc) is 3.28. The number of allylic oxidation sites excluding steroid dienone is 1. The lowest BCUT2D eigenvalue weighted by Crippen LogP contribution is -2.96. The minimum Gasteiger partial charge on any atom is -0.462 e. The molecule has 0 radical (unpaired) electrons. The molecule has 6 N–H and O–H groups in total. The van der Waals surface area contributed by atoms with Crippen LogP contribution in [-0.4, -0.2) is 85.5 Å². The van der Waals surface area contributed by atoms with Crippen molar-refractivity contribution in [1.29, 1.82) is 0 Å². The highest BCUT2D eigenvalue weighted by atomic mass is 16.6. The Kier molecular flexibility index (Phi) is 9.38. The molecule has 0 spiro atoms. The van der Waals surface area contributed by atoms with E-state index in [0.29, 0.717) is 49.0 Å². The molecule has 10 heteroatoms. The number of hydrogen-bond donors (Lipinski definition) is 3. The molecule has 8 atom stereocenters. The Bertz CT molecular complexity index is 1060. The SMILES string of the molecule is CC=C(C)C(=O)OC(C)(C)[C@@]1(CC2CC(N)[NH2+]CC2CC(=O)N2CC(C[NH2+]C)C2)CC2CC3CCC(=O)OC3CC2O1. The van der Waals surface area contributed by atoms with Crippen LogP contribution in [-0.2, 0) is 28.6 Å². The van der Waals surface area contributed by atoms with Gasteiger partial charge in [-0.2, -0.15) is 0 Å². The van der Waals surface area contributed by atoms with E-state index >= 15 is 0 Å². The number of hydrogen-bond acceptors (Lipinski definition) is 7. The zero-order valence-electron chi connectivity index (χ0n) is 26.3. The van der Waals surface area contributed by atoms with Crippen molar-refractivity contribution in [2.45, 2.75) is 109 Å². The zero-order valence-corrected chi connectivity index (χ0v) is 26.3. The summed E-state index contributed by atoms with van der Waals surface area (Å²) in [7, 11) is 2.08. The molecule has 5 fully saturated rings. The van der Waals surface area contributed by atoms with Crippen molar-refractivity contribution in [3.05, 3.63) is 11.6 Å². The van der Waals surface area contributed by atoms with Crippen molar-refractivity contribution >= 4 is 17.8 Å². The Morgan fingerprint density at radius 3 is 2.67 bits per heavy atom. The van der Waals surface area contributed by atoms with Crippen molar-refractivity contribution in [2.24, 2.45) is 35.3 Å².